The second-order valence-electron chi connectivity index (χ2n) is 24.3. The van der Waals surface area contributed by atoms with E-state index in [1.807, 2.05) is 0 Å². The van der Waals surface area contributed by atoms with E-state index in [-0.39, 0.29) is 25.2 Å². The highest BCUT2D eigenvalue weighted by Crippen LogP contribution is 2.19. The zero-order valence-electron chi connectivity index (χ0n) is 53.9. The molecule has 0 aliphatic carbocycles. The molecular formula is C75H138O5. The van der Waals surface area contributed by atoms with Crippen molar-refractivity contribution in [1.29, 1.82) is 0 Å². The summed E-state index contributed by atoms with van der Waals surface area (Å²) >= 11 is 0. The van der Waals surface area contributed by atoms with Gasteiger partial charge in [0.1, 0.15) is 6.61 Å². The molecular weight excluding hydrogens is 981 g/mol. The molecule has 0 aliphatic heterocycles. The standard InChI is InChI=1S/C75H138O5/c1-3-5-7-9-11-13-15-17-19-21-23-25-27-29-31-33-34-35-36-37-38-39-40-42-43-45-47-49-51-53-55-57-59-61-63-65-67-69-74(77)79-72-73(71-76)80-75(78)70-68-66-64-62-60-58-56-54-52-50-48-46-44-41-32-30-28-26-24-22-20-18-16-14-12-10-8-6-4-2/h6,8,12,14,18,20,24,26,30,32,73,76H,3-5,7,9-11,13,15-17,19,21-23,25,27-29,31,33-72H2,1-2H3/b8-6-,14-12-,20-18-,26-24-,32-30-. The van der Waals surface area contributed by atoms with Crippen LogP contribution in [0.4, 0.5) is 0 Å². The van der Waals surface area contributed by atoms with Crippen LogP contribution in [0.25, 0.3) is 0 Å². The van der Waals surface area contributed by atoms with E-state index in [0.717, 1.165) is 64.2 Å². The molecule has 5 nitrogen and oxygen atoms in total. The summed E-state index contributed by atoms with van der Waals surface area (Å²) in [4.78, 5) is 24.7. The number of ether oxygens (including phenoxy) is 2. The van der Waals surface area contributed by atoms with Crippen LogP contribution < -0.4 is 0 Å². The fourth-order valence-electron chi connectivity index (χ4n) is 11.0. The van der Waals surface area contributed by atoms with Crippen LogP contribution in [0.5, 0.6) is 0 Å². The molecule has 80 heavy (non-hydrogen) atoms. The third kappa shape index (κ3) is 68.1. The number of unbranched alkanes of at least 4 members (excludes halogenated alkanes) is 49. The van der Waals surface area contributed by atoms with Gasteiger partial charge in [0.25, 0.3) is 0 Å². The molecule has 0 amide bonds. The van der Waals surface area contributed by atoms with Crippen LogP contribution in [0.2, 0.25) is 0 Å². The van der Waals surface area contributed by atoms with Gasteiger partial charge in [-0.25, -0.2) is 0 Å². The summed E-state index contributed by atoms with van der Waals surface area (Å²) in [6, 6.07) is 0. The third-order valence-corrected chi connectivity index (χ3v) is 16.3. The van der Waals surface area contributed by atoms with Crippen LogP contribution >= 0.6 is 0 Å². The molecule has 1 N–H and O–H groups in total. The number of hydrogen-bond acceptors (Lipinski definition) is 5. The number of aliphatic hydroxyl groups excluding tert-OH is 1. The minimum absolute atomic E-state index is 0.0629. The first-order chi connectivity index (χ1) is 39.6. The molecule has 0 aromatic carbocycles. The molecule has 0 aromatic heterocycles. The molecule has 5 heteroatoms. The summed E-state index contributed by atoms with van der Waals surface area (Å²) in [6.07, 6.45) is 97.0. The van der Waals surface area contributed by atoms with Gasteiger partial charge in [0.15, 0.2) is 6.10 Å². The Morgan fingerprint density at radius 1 is 0.300 bits per heavy atom. The van der Waals surface area contributed by atoms with E-state index in [0.29, 0.717) is 12.8 Å². The first kappa shape index (κ1) is 77.6. The summed E-state index contributed by atoms with van der Waals surface area (Å²) in [5, 5.41) is 9.70. The SMILES string of the molecule is CC/C=C\C/C=C\C/C=C\C/C=C\C/C=C\CCCCCCCCCCCCCCCC(=O)OC(CO)COC(=O)CCCCCCCCCCCCCCCCCCCCCCCCCCCCCCCCCCCCCCC. The zero-order chi connectivity index (χ0) is 57.6. The summed E-state index contributed by atoms with van der Waals surface area (Å²) in [6.45, 7) is 4.08. The molecule has 0 bridgehead atoms. The Labute approximate surface area is 500 Å². The zero-order valence-corrected chi connectivity index (χ0v) is 53.9. The van der Waals surface area contributed by atoms with E-state index in [9.17, 15) is 14.7 Å². The maximum atomic E-state index is 12.4. The van der Waals surface area contributed by atoms with Gasteiger partial charge in [0.2, 0.25) is 0 Å². The first-order valence-corrected chi connectivity index (χ1v) is 35.8. The molecule has 0 aromatic rings. The number of esters is 2. The number of allylic oxidation sites excluding steroid dienone is 10. The second kappa shape index (κ2) is 70.9. The van der Waals surface area contributed by atoms with Crippen LogP contribution in [0.3, 0.4) is 0 Å². The Hall–Kier alpha value is -2.40. The Bertz CT molecular complexity index is 1360. The minimum atomic E-state index is -0.774. The average Bonchev–Trinajstić information content (AvgIpc) is 3.46. The monoisotopic (exact) mass is 1120 g/mol. The Morgan fingerprint density at radius 2 is 0.537 bits per heavy atom. The molecule has 468 valence electrons. The van der Waals surface area contributed by atoms with E-state index >= 15 is 0 Å². The van der Waals surface area contributed by atoms with Gasteiger partial charge >= 0.3 is 11.9 Å². The van der Waals surface area contributed by atoms with Gasteiger partial charge in [-0.3, -0.25) is 9.59 Å². The van der Waals surface area contributed by atoms with E-state index < -0.39 is 6.10 Å². The van der Waals surface area contributed by atoms with Crippen molar-refractivity contribution in [2.75, 3.05) is 13.2 Å². The van der Waals surface area contributed by atoms with Crippen molar-refractivity contribution in [1.82, 2.24) is 0 Å². The summed E-state index contributed by atoms with van der Waals surface area (Å²) in [7, 11) is 0. The molecule has 1 unspecified atom stereocenters. The molecule has 1 atom stereocenters. The van der Waals surface area contributed by atoms with E-state index in [2.05, 4.69) is 74.6 Å². The molecule has 0 fully saturated rings. The largest absolute Gasteiger partial charge is 0.462 e. The maximum absolute atomic E-state index is 12.4. The van der Waals surface area contributed by atoms with Crippen molar-refractivity contribution in [3.8, 4) is 0 Å². The number of carbonyl (C=O) groups is 2. The van der Waals surface area contributed by atoms with E-state index in [1.54, 1.807) is 0 Å². The Kier molecular flexibility index (Phi) is 68.7. The highest BCUT2D eigenvalue weighted by Gasteiger charge is 2.16. The van der Waals surface area contributed by atoms with Gasteiger partial charge in [0.05, 0.1) is 6.61 Å². The van der Waals surface area contributed by atoms with Gasteiger partial charge in [-0.05, 0) is 57.8 Å². The molecule has 0 aliphatic rings. The fraction of sp³-hybridized carbons (Fsp3) is 0.840. The van der Waals surface area contributed by atoms with Crippen LogP contribution in [-0.2, 0) is 19.1 Å². The fourth-order valence-corrected chi connectivity index (χ4v) is 11.0. The molecule has 0 saturated carbocycles. The van der Waals surface area contributed by atoms with E-state index in [1.165, 1.54) is 295 Å². The lowest BCUT2D eigenvalue weighted by Gasteiger charge is -2.15. The van der Waals surface area contributed by atoms with Crippen molar-refractivity contribution in [2.24, 2.45) is 0 Å². The van der Waals surface area contributed by atoms with Crippen molar-refractivity contribution in [3.05, 3.63) is 60.8 Å². The van der Waals surface area contributed by atoms with Crippen molar-refractivity contribution in [2.45, 2.75) is 392 Å². The average molecular weight is 1120 g/mol. The molecule has 0 heterocycles. The van der Waals surface area contributed by atoms with Crippen molar-refractivity contribution in [3.63, 3.8) is 0 Å². The number of rotatable bonds is 67. The summed E-state index contributed by atoms with van der Waals surface area (Å²) < 4.78 is 10.8. The van der Waals surface area contributed by atoms with Gasteiger partial charge < -0.3 is 14.6 Å². The molecule has 0 saturated heterocycles. The second-order valence-corrected chi connectivity index (χ2v) is 24.3. The molecule has 0 radical (unpaired) electrons. The van der Waals surface area contributed by atoms with Crippen molar-refractivity contribution >= 4 is 11.9 Å². The number of aliphatic hydroxyl groups is 1. The smallest absolute Gasteiger partial charge is 0.306 e. The topological polar surface area (TPSA) is 72.8 Å². The van der Waals surface area contributed by atoms with Crippen molar-refractivity contribution < 1.29 is 24.2 Å². The van der Waals surface area contributed by atoms with Gasteiger partial charge in [-0.1, -0.05) is 376 Å². The van der Waals surface area contributed by atoms with Gasteiger partial charge in [-0.2, -0.15) is 0 Å². The number of hydrogen-bond donors (Lipinski definition) is 1. The number of carbonyl (C=O) groups excluding carboxylic acids is 2. The van der Waals surface area contributed by atoms with Crippen LogP contribution in [0, 0.1) is 0 Å². The van der Waals surface area contributed by atoms with Crippen LogP contribution in [0.1, 0.15) is 386 Å². The Morgan fingerprint density at radius 3 is 0.812 bits per heavy atom. The molecule has 0 rings (SSSR count). The van der Waals surface area contributed by atoms with Crippen LogP contribution in [-0.4, -0.2) is 36.4 Å². The van der Waals surface area contributed by atoms with E-state index in [4.69, 9.17) is 9.47 Å². The lowest BCUT2D eigenvalue weighted by molar-refractivity contribution is -0.161. The Balaban J connectivity index is 3.39. The predicted molar refractivity (Wildman–Crippen MR) is 353 cm³/mol. The quantitative estimate of drug-likeness (QED) is 0.0373. The summed E-state index contributed by atoms with van der Waals surface area (Å²) in [5.74, 6) is -0.573. The molecule has 0 spiro atoms. The highest BCUT2D eigenvalue weighted by molar-refractivity contribution is 5.70. The lowest BCUT2D eigenvalue weighted by Crippen LogP contribution is -2.28. The minimum Gasteiger partial charge on any atom is -0.462 e. The van der Waals surface area contributed by atoms with Crippen LogP contribution in [0.15, 0.2) is 60.8 Å². The maximum Gasteiger partial charge on any atom is 0.306 e. The summed E-state index contributed by atoms with van der Waals surface area (Å²) in [5.41, 5.74) is 0. The van der Waals surface area contributed by atoms with Gasteiger partial charge in [-0.15, -0.1) is 0 Å². The van der Waals surface area contributed by atoms with Gasteiger partial charge in [0, 0.05) is 12.8 Å². The predicted octanol–water partition coefficient (Wildman–Crippen LogP) is 24.9. The normalized spacial score (nSPS) is 12.5. The third-order valence-electron chi connectivity index (χ3n) is 16.3. The lowest BCUT2D eigenvalue weighted by atomic mass is 10.0. The first-order valence-electron chi connectivity index (χ1n) is 35.8. The highest BCUT2D eigenvalue weighted by atomic mass is 16.6.